The first-order valence-electron chi connectivity index (χ1n) is 13.4. The fourth-order valence-electron chi connectivity index (χ4n) is 5.19. The minimum atomic E-state index is -0.0211. The molecule has 39 heavy (non-hydrogen) atoms. The molecule has 0 radical (unpaired) electrons. The van der Waals surface area contributed by atoms with Gasteiger partial charge in [0.25, 0.3) is 0 Å². The molecule has 2 aliphatic rings. The van der Waals surface area contributed by atoms with Gasteiger partial charge in [-0.15, -0.1) is 0 Å². The number of anilines is 4. The molecule has 2 unspecified atom stereocenters. The van der Waals surface area contributed by atoms with Crippen LogP contribution in [0.25, 0.3) is 11.0 Å². The van der Waals surface area contributed by atoms with Crippen molar-refractivity contribution in [2.45, 2.75) is 26.1 Å². The van der Waals surface area contributed by atoms with Crippen molar-refractivity contribution in [3.8, 4) is 0 Å². The molecule has 2 saturated heterocycles. The number of nitrogens with zero attached hydrogens (tertiary/aromatic N) is 5. The molecule has 1 N–H and O–H groups in total. The SMILES string of the molecule is CC1CN(c2nc(N3CCOCC3)c3ccc(Nc4cccc(C(=O)c5ccccc5)c4)nc3n2)CC(C)O1. The van der Waals surface area contributed by atoms with Gasteiger partial charge in [0.1, 0.15) is 11.6 Å². The zero-order valence-electron chi connectivity index (χ0n) is 22.2. The van der Waals surface area contributed by atoms with Gasteiger partial charge in [-0.05, 0) is 38.1 Å². The van der Waals surface area contributed by atoms with E-state index in [4.69, 9.17) is 24.4 Å². The van der Waals surface area contributed by atoms with Crippen LogP contribution in [0, 0.1) is 0 Å². The molecule has 0 spiro atoms. The number of nitrogens with one attached hydrogen (secondary N) is 1. The van der Waals surface area contributed by atoms with Crippen LogP contribution in [0.2, 0.25) is 0 Å². The molecule has 0 saturated carbocycles. The predicted octanol–water partition coefficient (Wildman–Crippen LogP) is 4.45. The third kappa shape index (κ3) is 5.55. The molecule has 2 aromatic heterocycles. The Balaban J connectivity index is 1.33. The summed E-state index contributed by atoms with van der Waals surface area (Å²) in [5.41, 5.74) is 2.67. The standard InChI is InChI=1S/C30H32N6O3/c1-20-18-36(19-21(2)39-20)30-33-28-25(29(34-30)35-13-15-38-16-14-35)11-12-26(32-28)31-24-10-6-9-23(17-24)27(37)22-7-4-3-5-8-22/h3-12,17,20-21H,13-16,18-19H2,1-2H3,(H,31,32,33,34). The number of carbonyl (C=O) groups excluding carboxylic acids is 1. The molecule has 0 amide bonds. The summed E-state index contributed by atoms with van der Waals surface area (Å²) in [4.78, 5) is 32.2. The Labute approximate surface area is 227 Å². The van der Waals surface area contributed by atoms with Crippen LogP contribution in [0.3, 0.4) is 0 Å². The fourth-order valence-corrected chi connectivity index (χ4v) is 5.19. The van der Waals surface area contributed by atoms with Crippen LogP contribution in [0.4, 0.5) is 23.3 Å². The number of hydrogen-bond donors (Lipinski definition) is 1. The molecule has 2 fully saturated rings. The number of aromatic nitrogens is 3. The predicted molar refractivity (Wildman–Crippen MR) is 152 cm³/mol. The highest BCUT2D eigenvalue weighted by atomic mass is 16.5. The van der Waals surface area contributed by atoms with Crippen LogP contribution in [-0.2, 0) is 9.47 Å². The molecule has 4 aromatic rings. The van der Waals surface area contributed by atoms with Gasteiger partial charge in [-0.2, -0.15) is 9.97 Å². The summed E-state index contributed by atoms with van der Waals surface area (Å²) in [5.74, 6) is 2.16. The Morgan fingerprint density at radius 3 is 2.36 bits per heavy atom. The third-order valence-corrected chi connectivity index (χ3v) is 6.97. The zero-order valence-corrected chi connectivity index (χ0v) is 22.2. The summed E-state index contributed by atoms with van der Waals surface area (Å²) in [6, 6.07) is 20.7. The number of hydrogen-bond acceptors (Lipinski definition) is 9. The lowest BCUT2D eigenvalue weighted by atomic mass is 10.0. The van der Waals surface area contributed by atoms with Gasteiger partial charge in [0.05, 0.1) is 30.8 Å². The van der Waals surface area contributed by atoms with Crippen molar-refractivity contribution >= 4 is 40.1 Å². The van der Waals surface area contributed by atoms with E-state index in [1.54, 1.807) is 0 Å². The van der Waals surface area contributed by atoms with Gasteiger partial charge < -0.3 is 24.6 Å². The second-order valence-corrected chi connectivity index (χ2v) is 10.1. The number of ether oxygens (including phenoxy) is 2. The van der Waals surface area contributed by atoms with E-state index in [1.807, 2.05) is 66.7 Å². The molecule has 200 valence electrons. The molecule has 6 rings (SSSR count). The first-order valence-corrected chi connectivity index (χ1v) is 13.4. The van der Waals surface area contributed by atoms with Crippen LogP contribution in [0.1, 0.15) is 29.8 Å². The number of rotatable bonds is 6. The number of fused-ring (bicyclic) bond motifs is 1. The van der Waals surface area contributed by atoms with Crippen molar-refractivity contribution in [1.29, 1.82) is 0 Å². The lowest BCUT2D eigenvalue weighted by molar-refractivity contribution is -0.00570. The molecule has 2 atom stereocenters. The highest BCUT2D eigenvalue weighted by molar-refractivity contribution is 6.09. The molecule has 2 aromatic carbocycles. The maximum Gasteiger partial charge on any atom is 0.229 e. The van der Waals surface area contributed by atoms with Crippen molar-refractivity contribution in [2.75, 3.05) is 54.5 Å². The molecule has 9 nitrogen and oxygen atoms in total. The quantitative estimate of drug-likeness (QED) is 0.367. The van der Waals surface area contributed by atoms with Gasteiger partial charge in [0.15, 0.2) is 11.4 Å². The fraction of sp³-hybridized carbons (Fsp3) is 0.333. The first-order chi connectivity index (χ1) is 19.0. The van der Waals surface area contributed by atoms with Crippen molar-refractivity contribution in [2.24, 2.45) is 0 Å². The first kappa shape index (κ1) is 25.2. The number of benzene rings is 2. The van der Waals surface area contributed by atoms with Crippen LogP contribution in [0.15, 0.2) is 66.7 Å². The average Bonchev–Trinajstić information content (AvgIpc) is 2.96. The Morgan fingerprint density at radius 2 is 1.59 bits per heavy atom. The molecule has 9 heteroatoms. The number of morpholine rings is 2. The normalized spacial score (nSPS) is 19.7. The minimum Gasteiger partial charge on any atom is -0.378 e. The molecular weight excluding hydrogens is 492 g/mol. The van der Waals surface area contributed by atoms with Crippen molar-refractivity contribution < 1.29 is 14.3 Å². The molecule has 0 aliphatic carbocycles. The Bertz CT molecular complexity index is 1460. The minimum absolute atomic E-state index is 0.0211. The third-order valence-electron chi connectivity index (χ3n) is 6.97. The van der Waals surface area contributed by atoms with Crippen LogP contribution in [-0.4, -0.2) is 72.3 Å². The summed E-state index contributed by atoms with van der Waals surface area (Å²) in [6.07, 6.45) is 0.179. The van der Waals surface area contributed by atoms with E-state index in [2.05, 4.69) is 29.0 Å². The van der Waals surface area contributed by atoms with Crippen molar-refractivity contribution in [3.63, 3.8) is 0 Å². The second-order valence-electron chi connectivity index (χ2n) is 10.1. The number of carbonyl (C=O) groups is 1. The van der Waals surface area contributed by atoms with Gasteiger partial charge >= 0.3 is 0 Å². The number of pyridine rings is 1. The van der Waals surface area contributed by atoms with Gasteiger partial charge in [0.2, 0.25) is 5.95 Å². The van der Waals surface area contributed by atoms with Crippen molar-refractivity contribution in [1.82, 2.24) is 15.0 Å². The van der Waals surface area contributed by atoms with E-state index in [-0.39, 0.29) is 18.0 Å². The van der Waals surface area contributed by atoms with Crippen LogP contribution >= 0.6 is 0 Å². The largest absolute Gasteiger partial charge is 0.378 e. The lowest BCUT2D eigenvalue weighted by Gasteiger charge is -2.36. The molecule has 2 aliphatic heterocycles. The maximum atomic E-state index is 13.0. The van der Waals surface area contributed by atoms with E-state index in [9.17, 15) is 4.79 Å². The Kier molecular flexibility index (Phi) is 7.08. The van der Waals surface area contributed by atoms with E-state index in [0.29, 0.717) is 41.8 Å². The maximum absolute atomic E-state index is 13.0. The van der Waals surface area contributed by atoms with E-state index < -0.39 is 0 Å². The molecular formula is C30H32N6O3. The summed E-state index contributed by atoms with van der Waals surface area (Å²) < 4.78 is 11.5. The summed E-state index contributed by atoms with van der Waals surface area (Å²) in [7, 11) is 0. The topological polar surface area (TPSA) is 92.7 Å². The molecule has 4 heterocycles. The zero-order chi connectivity index (χ0) is 26.8. The van der Waals surface area contributed by atoms with Gasteiger partial charge in [0, 0.05) is 43.0 Å². The monoisotopic (exact) mass is 524 g/mol. The number of ketones is 1. The lowest BCUT2D eigenvalue weighted by Crippen LogP contribution is -2.46. The molecule has 0 bridgehead atoms. The Hall–Kier alpha value is -4.08. The van der Waals surface area contributed by atoms with Gasteiger partial charge in [-0.1, -0.05) is 42.5 Å². The second kappa shape index (κ2) is 11.0. The summed E-state index contributed by atoms with van der Waals surface area (Å²) >= 11 is 0. The smallest absolute Gasteiger partial charge is 0.229 e. The van der Waals surface area contributed by atoms with E-state index >= 15 is 0 Å². The van der Waals surface area contributed by atoms with Crippen molar-refractivity contribution in [3.05, 3.63) is 77.9 Å². The highest BCUT2D eigenvalue weighted by Crippen LogP contribution is 2.29. The highest BCUT2D eigenvalue weighted by Gasteiger charge is 2.26. The van der Waals surface area contributed by atoms with E-state index in [0.717, 1.165) is 43.1 Å². The van der Waals surface area contributed by atoms with Crippen LogP contribution in [0.5, 0.6) is 0 Å². The van der Waals surface area contributed by atoms with Crippen LogP contribution < -0.4 is 15.1 Å². The Morgan fingerprint density at radius 1 is 0.846 bits per heavy atom. The van der Waals surface area contributed by atoms with E-state index in [1.165, 1.54) is 0 Å². The summed E-state index contributed by atoms with van der Waals surface area (Å²) in [6.45, 7) is 8.45. The van der Waals surface area contributed by atoms with Gasteiger partial charge in [-0.25, -0.2) is 4.98 Å². The van der Waals surface area contributed by atoms with Gasteiger partial charge in [-0.3, -0.25) is 4.79 Å². The summed E-state index contributed by atoms with van der Waals surface area (Å²) in [5, 5.41) is 4.26. The average molecular weight is 525 g/mol.